The quantitative estimate of drug-likeness (QED) is 0.437. The Morgan fingerprint density at radius 2 is 1.69 bits per heavy atom. The number of hydrogen-bond acceptors (Lipinski definition) is 8. The first-order chi connectivity index (χ1) is 14.2. The molecule has 0 unspecified atom stereocenters. The monoisotopic (exact) mass is 426 g/mol. The summed E-state index contributed by atoms with van der Waals surface area (Å²) in [7, 11) is 1.39. The van der Waals surface area contributed by atoms with E-state index in [9.17, 15) is 4.79 Å². The number of para-hydroxylation sites is 1. The molecule has 150 valence electrons. The number of ether oxygens (including phenoxy) is 1. The van der Waals surface area contributed by atoms with Gasteiger partial charge in [-0.05, 0) is 29.8 Å². The zero-order chi connectivity index (χ0) is 20.1. The number of hydrogen-bond donors (Lipinski definition) is 0. The van der Waals surface area contributed by atoms with E-state index in [-0.39, 0.29) is 5.97 Å². The first-order valence-electron chi connectivity index (χ1n) is 9.41. The van der Waals surface area contributed by atoms with E-state index in [1.807, 2.05) is 18.2 Å². The molecule has 29 heavy (non-hydrogen) atoms. The number of aromatic nitrogens is 2. The molecule has 2 aromatic carbocycles. The van der Waals surface area contributed by atoms with Crippen molar-refractivity contribution in [1.29, 1.82) is 0 Å². The number of methoxy groups -OCH3 is 1. The van der Waals surface area contributed by atoms with Crippen molar-refractivity contribution in [1.82, 2.24) is 10.2 Å². The maximum Gasteiger partial charge on any atom is 0.337 e. The van der Waals surface area contributed by atoms with Crippen LogP contribution in [0.15, 0.2) is 58.9 Å². The van der Waals surface area contributed by atoms with Crippen LogP contribution >= 0.6 is 23.1 Å². The van der Waals surface area contributed by atoms with Gasteiger partial charge in [0.05, 0.1) is 12.7 Å². The standard InChI is InChI=1S/C21H22N4O2S2/c1-27-19(26)17-9-7-16(8-10-17)15-28-21-23-22-20(29-21)25-13-11-24(12-14-25)18-5-3-2-4-6-18/h2-10H,11-15H2,1H3. The van der Waals surface area contributed by atoms with Gasteiger partial charge in [0.25, 0.3) is 0 Å². The Kier molecular flexibility index (Phi) is 6.31. The number of thioether (sulfide) groups is 1. The molecule has 0 amide bonds. The summed E-state index contributed by atoms with van der Waals surface area (Å²) in [6.45, 7) is 3.86. The van der Waals surface area contributed by atoms with Crippen molar-refractivity contribution in [3.05, 3.63) is 65.7 Å². The van der Waals surface area contributed by atoms with Gasteiger partial charge in [-0.1, -0.05) is 53.4 Å². The fourth-order valence-corrected chi connectivity index (χ4v) is 5.03. The lowest BCUT2D eigenvalue weighted by atomic mass is 10.1. The van der Waals surface area contributed by atoms with Crippen molar-refractivity contribution >= 4 is 39.9 Å². The first-order valence-corrected chi connectivity index (χ1v) is 11.2. The third kappa shape index (κ3) is 4.89. The van der Waals surface area contributed by atoms with E-state index in [1.54, 1.807) is 35.2 Å². The number of benzene rings is 2. The lowest BCUT2D eigenvalue weighted by Crippen LogP contribution is -2.46. The largest absolute Gasteiger partial charge is 0.465 e. The molecule has 0 aliphatic carbocycles. The number of carbonyl (C=O) groups is 1. The molecule has 1 fully saturated rings. The highest BCUT2D eigenvalue weighted by molar-refractivity contribution is 8.00. The minimum Gasteiger partial charge on any atom is -0.465 e. The number of carbonyl (C=O) groups excluding carboxylic acids is 1. The van der Waals surface area contributed by atoms with Crippen molar-refractivity contribution in [3.8, 4) is 0 Å². The summed E-state index contributed by atoms with van der Waals surface area (Å²) in [4.78, 5) is 16.2. The molecule has 1 aliphatic heterocycles. The minimum absolute atomic E-state index is 0.315. The fourth-order valence-electron chi connectivity index (χ4n) is 3.18. The van der Waals surface area contributed by atoms with Crippen molar-refractivity contribution in [3.63, 3.8) is 0 Å². The Balaban J connectivity index is 1.29. The highest BCUT2D eigenvalue weighted by Gasteiger charge is 2.20. The van der Waals surface area contributed by atoms with Crippen molar-refractivity contribution in [2.75, 3.05) is 43.1 Å². The van der Waals surface area contributed by atoms with Crippen LogP contribution in [0, 0.1) is 0 Å². The topological polar surface area (TPSA) is 58.6 Å². The van der Waals surface area contributed by atoms with Gasteiger partial charge in [0, 0.05) is 37.6 Å². The average molecular weight is 427 g/mol. The molecule has 1 aliphatic rings. The molecular weight excluding hydrogens is 404 g/mol. The molecule has 1 aromatic heterocycles. The van der Waals surface area contributed by atoms with E-state index < -0.39 is 0 Å². The van der Waals surface area contributed by atoms with Crippen molar-refractivity contribution < 1.29 is 9.53 Å². The lowest BCUT2D eigenvalue weighted by molar-refractivity contribution is 0.0600. The van der Waals surface area contributed by atoms with Crippen LogP contribution in [0.2, 0.25) is 0 Å². The number of piperazine rings is 1. The second-order valence-corrected chi connectivity index (χ2v) is 8.82. The Bertz CT molecular complexity index is 939. The van der Waals surface area contributed by atoms with Gasteiger partial charge >= 0.3 is 5.97 Å². The molecule has 0 atom stereocenters. The van der Waals surface area contributed by atoms with Crippen LogP contribution in [-0.4, -0.2) is 49.5 Å². The molecule has 6 nitrogen and oxygen atoms in total. The van der Waals surface area contributed by atoms with Crippen LogP contribution in [0.4, 0.5) is 10.8 Å². The predicted octanol–water partition coefficient (Wildman–Crippen LogP) is 3.94. The minimum atomic E-state index is -0.315. The summed E-state index contributed by atoms with van der Waals surface area (Å²) in [6, 6.07) is 18.0. The second-order valence-electron chi connectivity index (χ2n) is 6.64. The van der Waals surface area contributed by atoms with E-state index in [2.05, 4.69) is 44.3 Å². The van der Waals surface area contributed by atoms with Crippen LogP contribution in [0.5, 0.6) is 0 Å². The Hall–Kier alpha value is -2.58. The van der Waals surface area contributed by atoms with Gasteiger partial charge in [-0.2, -0.15) is 0 Å². The molecular formula is C21H22N4O2S2. The van der Waals surface area contributed by atoms with Gasteiger partial charge in [0.1, 0.15) is 0 Å². The highest BCUT2D eigenvalue weighted by Crippen LogP contribution is 2.31. The Morgan fingerprint density at radius 3 is 2.38 bits per heavy atom. The van der Waals surface area contributed by atoms with Crippen LogP contribution < -0.4 is 9.80 Å². The molecule has 8 heteroatoms. The summed E-state index contributed by atoms with van der Waals surface area (Å²) in [6.07, 6.45) is 0. The van der Waals surface area contributed by atoms with E-state index >= 15 is 0 Å². The summed E-state index contributed by atoms with van der Waals surface area (Å²) in [5, 5.41) is 9.72. The Morgan fingerprint density at radius 1 is 1.00 bits per heavy atom. The molecule has 0 radical (unpaired) electrons. The van der Waals surface area contributed by atoms with Crippen LogP contribution in [0.3, 0.4) is 0 Å². The fraction of sp³-hybridized carbons (Fsp3) is 0.286. The van der Waals surface area contributed by atoms with Crippen LogP contribution in [0.25, 0.3) is 0 Å². The summed E-state index contributed by atoms with van der Waals surface area (Å²) in [5.41, 5.74) is 2.98. The third-order valence-corrected chi connectivity index (χ3v) is 6.99. The van der Waals surface area contributed by atoms with Crippen molar-refractivity contribution in [2.24, 2.45) is 0 Å². The molecule has 0 N–H and O–H groups in total. The van der Waals surface area contributed by atoms with Gasteiger partial charge in [0.15, 0.2) is 4.34 Å². The maximum absolute atomic E-state index is 11.5. The van der Waals surface area contributed by atoms with Gasteiger partial charge < -0.3 is 14.5 Å². The number of rotatable bonds is 6. The van der Waals surface area contributed by atoms with Gasteiger partial charge in [0.2, 0.25) is 5.13 Å². The van der Waals surface area contributed by atoms with E-state index in [0.717, 1.165) is 47.0 Å². The van der Waals surface area contributed by atoms with Crippen LogP contribution in [0.1, 0.15) is 15.9 Å². The smallest absolute Gasteiger partial charge is 0.337 e. The summed E-state index contributed by atoms with van der Waals surface area (Å²) >= 11 is 3.31. The third-order valence-electron chi connectivity index (χ3n) is 4.80. The Labute approximate surface area is 178 Å². The predicted molar refractivity (Wildman–Crippen MR) is 118 cm³/mol. The van der Waals surface area contributed by atoms with Gasteiger partial charge in [-0.15, -0.1) is 10.2 Å². The average Bonchev–Trinajstić information content (AvgIpc) is 3.27. The lowest BCUT2D eigenvalue weighted by Gasteiger charge is -2.35. The molecule has 0 spiro atoms. The molecule has 0 bridgehead atoms. The van der Waals surface area contributed by atoms with Crippen molar-refractivity contribution in [2.45, 2.75) is 10.1 Å². The maximum atomic E-state index is 11.5. The normalized spacial score (nSPS) is 14.1. The van der Waals surface area contributed by atoms with E-state index in [4.69, 9.17) is 4.74 Å². The summed E-state index contributed by atoms with van der Waals surface area (Å²) in [5.74, 6) is 0.475. The second kappa shape index (κ2) is 9.28. The number of anilines is 2. The van der Waals surface area contributed by atoms with E-state index in [0.29, 0.717) is 5.56 Å². The summed E-state index contributed by atoms with van der Waals surface area (Å²) < 4.78 is 5.69. The molecule has 3 aromatic rings. The SMILES string of the molecule is COC(=O)c1ccc(CSc2nnc(N3CCN(c4ccccc4)CC3)s2)cc1. The van der Waals surface area contributed by atoms with Gasteiger partial charge in [-0.25, -0.2) is 4.79 Å². The molecule has 1 saturated heterocycles. The molecule has 0 saturated carbocycles. The highest BCUT2D eigenvalue weighted by atomic mass is 32.2. The zero-order valence-electron chi connectivity index (χ0n) is 16.2. The van der Waals surface area contributed by atoms with Gasteiger partial charge in [-0.3, -0.25) is 0 Å². The zero-order valence-corrected chi connectivity index (χ0v) is 17.8. The molecule has 4 rings (SSSR count). The molecule has 2 heterocycles. The first kappa shape index (κ1) is 19.7. The number of esters is 1. The number of nitrogens with zero attached hydrogens (tertiary/aromatic N) is 4. The van der Waals surface area contributed by atoms with E-state index in [1.165, 1.54) is 12.8 Å². The van der Waals surface area contributed by atoms with Crippen LogP contribution in [-0.2, 0) is 10.5 Å².